The van der Waals surface area contributed by atoms with Crippen LogP contribution in [0.5, 0.6) is 5.75 Å². The van der Waals surface area contributed by atoms with Crippen LogP contribution >= 0.6 is 23.2 Å². The molecule has 4 rings (SSSR count). The van der Waals surface area contributed by atoms with Gasteiger partial charge >= 0.3 is 0 Å². The summed E-state index contributed by atoms with van der Waals surface area (Å²) >= 11 is 11.7. The number of aromatic amines is 1. The first kappa shape index (κ1) is 19.2. The molecule has 146 valence electrons. The normalized spacial score (nSPS) is 10.9. The van der Waals surface area contributed by atoms with E-state index in [0.29, 0.717) is 16.6 Å². The Morgan fingerprint density at radius 3 is 2.52 bits per heavy atom. The summed E-state index contributed by atoms with van der Waals surface area (Å²) in [6.45, 7) is -0.165. The van der Waals surface area contributed by atoms with Crippen LogP contribution < -0.4 is 10.1 Å². The fraction of sp³-hybridized carbons (Fsp3) is 0.0476. The Hall–Kier alpha value is -3.09. The monoisotopic (exact) mass is 429 g/mol. The lowest BCUT2D eigenvalue weighted by atomic mass is 10.0. The maximum Gasteiger partial charge on any atom is 0.263 e. The fourth-order valence-corrected chi connectivity index (χ4v) is 3.12. The van der Waals surface area contributed by atoms with Crippen LogP contribution in [0.4, 0.5) is 10.2 Å². The van der Waals surface area contributed by atoms with Gasteiger partial charge in [0.1, 0.15) is 11.6 Å². The number of anilines is 1. The van der Waals surface area contributed by atoms with Crippen LogP contribution in [0.1, 0.15) is 0 Å². The summed E-state index contributed by atoms with van der Waals surface area (Å²) < 4.78 is 18.8. The Bertz CT molecular complexity index is 1190. The first-order chi connectivity index (χ1) is 14.0. The first-order valence-electron chi connectivity index (χ1n) is 8.61. The van der Waals surface area contributed by atoms with Crippen molar-refractivity contribution >= 4 is 45.8 Å². The fourth-order valence-electron chi connectivity index (χ4n) is 2.82. The van der Waals surface area contributed by atoms with Gasteiger partial charge in [-0.05, 0) is 59.7 Å². The number of fused-ring (bicyclic) bond motifs is 1. The highest BCUT2D eigenvalue weighted by molar-refractivity contribution is 6.31. The zero-order valence-corrected chi connectivity index (χ0v) is 16.4. The van der Waals surface area contributed by atoms with Crippen LogP contribution in [-0.2, 0) is 4.79 Å². The molecule has 1 heterocycles. The number of H-pyrrole nitrogens is 1. The summed E-state index contributed by atoms with van der Waals surface area (Å²) in [5.74, 6) is 0.124. The standard InChI is InChI=1S/C21H14Cl2FN3O2/c22-14-3-5-15(6-4-14)29-11-20(28)25-21-16-7-1-13(10-19(16)26-27-21)12-2-8-18(24)17(23)9-12/h1-10H,11H2,(H2,25,26,27,28). The molecule has 0 radical (unpaired) electrons. The topological polar surface area (TPSA) is 67.0 Å². The third kappa shape index (κ3) is 4.34. The molecule has 2 N–H and O–H groups in total. The molecular weight excluding hydrogens is 416 g/mol. The third-order valence-corrected chi connectivity index (χ3v) is 4.80. The lowest BCUT2D eigenvalue weighted by molar-refractivity contribution is -0.118. The highest BCUT2D eigenvalue weighted by atomic mass is 35.5. The SMILES string of the molecule is O=C(COc1ccc(Cl)cc1)Nc1n[nH]c2cc(-c3ccc(F)c(Cl)c3)ccc12. The lowest BCUT2D eigenvalue weighted by Gasteiger charge is -2.06. The average Bonchev–Trinajstić information content (AvgIpc) is 3.11. The third-order valence-electron chi connectivity index (χ3n) is 4.26. The van der Waals surface area contributed by atoms with E-state index < -0.39 is 5.82 Å². The van der Waals surface area contributed by atoms with Gasteiger partial charge in [-0.15, -0.1) is 0 Å². The molecule has 0 spiro atoms. The molecule has 29 heavy (non-hydrogen) atoms. The average molecular weight is 430 g/mol. The molecule has 0 saturated carbocycles. The summed E-state index contributed by atoms with van der Waals surface area (Å²) in [5, 5.41) is 11.1. The summed E-state index contributed by atoms with van der Waals surface area (Å²) in [5.41, 5.74) is 2.33. The van der Waals surface area contributed by atoms with Gasteiger partial charge in [-0.3, -0.25) is 9.89 Å². The number of carbonyl (C=O) groups excluding carboxylic acids is 1. The molecule has 4 aromatic rings. The van der Waals surface area contributed by atoms with E-state index in [1.54, 1.807) is 36.4 Å². The van der Waals surface area contributed by atoms with Crippen LogP contribution in [-0.4, -0.2) is 22.7 Å². The van der Waals surface area contributed by atoms with Crippen LogP contribution in [0, 0.1) is 5.82 Å². The van der Waals surface area contributed by atoms with Gasteiger partial charge in [0, 0.05) is 10.4 Å². The van der Waals surface area contributed by atoms with Crippen molar-refractivity contribution in [3.05, 3.63) is 76.5 Å². The van der Waals surface area contributed by atoms with Crippen molar-refractivity contribution in [2.75, 3.05) is 11.9 Å². The predicted molar refractivity (Wildman–Crippen MR) is 112 cm³/mol. The Morgan fingerprint density at radius 1 is 1.03 bits per heavy atom. The van der Waals surface area contributed by atoms with Crippen molar-refractivity contribution in [2.24, 2.45) is 0 Å². The molecule has 0 bridgehead atoms. The minimum atomic E-state index is -0.469. The van der Waals surface area contributed by atoms with Crippen LogP contribution in [0.2, 0.25) is 10.0 Å². The molecule has 1 aromatic heterocycles. The molecule has 0 aliphatic carbocycles. The number of nitrogens with one attached hydrogen (secondary N) is 2. The van der Waals surface area contributed by atoms with Gasteiger partial charge in [-0.2, -0.15) is 5.10 Å². The van der Waals surface area contributed by atoms with E-state index in [0.717, 1.165) is 22.0 Å². The van der Waals surface area contributed by atoms with E-state index in [1.807, 2.05) is 18.2 Å². The molecule has 0 atom stereocenters. The van der Waals surface area contributed by atoms with Crippen molar-refractivity contribution in [1.82, 2.24) is 10.2 Å². The number of hydrogen-bond donors (Lipinski definition) is 2. The Morgan fingerprint density at radius 2 is 1.76 bits per heavy atom. The minimum absolute atomic E-state index is 0.0563. The van der Waals surface area contributed by atoms with Gasteiger partial charge in [0.2, 0.25) is 0 Å². The van der Waals surface area contributed by atoms with E-state index in [2.05, 4.69) is 15.5 Å². The van der Waals surface area contributed by atoms with Gasteiger partial charge in [-0.25, -0.2) is 4.39 Å². The van der Waals surface area contributed by atoms with Crippen LogP contribution in [0.3, 0.4) is 0 Å². The van der Waals surface area contributed by atoms with E-state index in [4.69, 9.17) is 27.9 Å². The van der Waals surface area contributed by atoms with E-state index >= 15 is 0 Å². The summed E-state index contributed by atoms with van der Waals surface area (Å²) in [6.07, 6.45) is 0. The minimum Gasteiger partial charge on any atom is -0.484 e. The van der Waals surface area contributed by atoms with Gasteiger partial charge in [0.25, 0.3) is 5.91 Å². The Kier molecular flexibility index (Phi) is 5.38. The number of nitrogens with zero attached hydrogens (tertiary/aromatic N) is 1. The first-order valence-corrected chi connectivity index (χ1v) is 9.37. The number of carbonyl (C=O) groups is 1. The van der Waals surface area contributed by atoms with Crippen LogP contribution in [0.15, 0.2) is 60.7 Å². The summed E-state index contributed by atoms with van der Waals surface area (Å²) in [6, 6.07) is 16.8. The van der Waals surface area contributed by atoms with Gasteiger partial charge < -0.3 is 10.1 Å². The van der Waals surface area contributed by atoms with E-state index in [9.17, 15) is 9.18 Å². The molecular formula is C21H14Cl2FN3O2. The molecule has 0 unspecified atom stereocenters. The van der Waals surface area contributed by atoms with E-state index in [-0.39, 0.29) is 17.5 Å². The molecule has 0 aliphatic heterocycles. The molecule has 5 nitrogen and oxygen atoms in total. The second kappa shape index (κ2) is 8.11. The lowest BCUT2D eigenvalue weighted by Crippen LogP contribution is -2.20. The quantitative estimate of drug-likeness (QED) is 0.427. The maximum absolute atomic E-state index is 13.4. The van der Waals surface area contributed by atoms with Gasteiger partial charge in [0.05, 0.1) is 10.5 Å². The van der Waals surface area contributed by atoms with Crippen molar-refractivity contribution in [1.29, 1.82) is 0 Å². The number of amides is 1. The Balaban J connectivity index is 1.47. The molecule has 0 fully saturated rings. The number of hydrogen-bond acceptors (Lipinski definition) is 3. The second-order valence-electron chi connectivity index (χ2n) is 6.25. The number of aromatic nitrogens is 2. The number of ether oxygens (including phenoxy) is 1. The highest BCUT2D eigenvalue weighted by Crippen LogP contribution is 2.29. The summed E-state index contributed by atoms with van der Waals surface area (Å²) in [7, 11) is 0. The molecule has 0 aliphatic rings. The van der Waals surface area contributed by atoms with E-state index in [1.165, 1.54) is 6.07 Å². The zero-order valence-electron chi connectivity index (χ0n) is 14.9. The van der Waals surface area contributed by atoms with Crippen molar-refractivity contribution < 1.29 is 13.9 Å². The summed E-state index contributed by atoms with van der Waals surface area (Å²) in [4.78, 5) is 12.2. The molecule has 0 saturated heterocycles. The van der Waals surface area contributed by atoms with Crippen molar-refractivity contribution in [3.8, 4) is 16.9 Å². The molecule has 8 heteroatoms. The molecule has 3 aromatic carbocycles. The van der Waals surface area contributed by atoms with Crippen LogP contribution in [0.25, 0.3) is 22.0 Å². The maximum atomic E-state index is 13.4. The number of halogens is 3. The van der Waals surface area contributed by atoms with Crippen molar-refractivity contribution in [2.45, 2.75) is 0 Å². The largest absolute Gasteiger partial charge is 0.484 e. The number of rotatable bonds is 5. The highest BCUT2D eigenvalue weighted by Gasteiger charge is 2.12. The smallest absolute Gasteiger partial charge is 0.263 e. The second-order valence-corrected chi connectivity index (χ2v) is 7.10. The van der Waals surface area contributed by atoms with Gasteiger partial charge in [-0.1, -0.05) is 35.3 Å². The molecule has 1 amide bonds. The zero-order chi connectivity index (χ0) is 20.4. The number of benzene rings is 3. The predicted octanol–water partition coefficient (Wildman–Crippen LogP) is 5.69. The van der Waals surface area contributed by atoms with Crippen molar-refractivity contribution in [3.63, 3.8) is 0 Å². The Labute approximate surface area is 175 Å². The van der Waals surface area contributed by atoms with Gasteiger partial charge in [0.15, 0.2) is 12.4 Å².